The summed E-state index contributed by atoms with van der Waals surface area (Å²) in [6.45, 7) is 5.54. The van der Waals surface area contributed by atoms with Crippen LogP contribution in [0.1, 0.15) is 71.8 Å². The van der Waals surface area contributed by atoms with Crippen molar-refractivity contribution in [3.63, 3.8) is 0 Å². The fourth-order valence-corrected chi connectivity index (χ4v) is 5.52. The fraction of sp³-hybridized carbons (Fsp3) is 0.517. The average molecular weight is 525 g/mol. The third-order valence-corrected chi connectivity index (χ3v) is 7.68. The third-order valence-electron chi connectivity index (χ3n) is 7.68. The first-order valence-electron chi connectivity index (χ1n) is 13.6. The lowest BCUT2D eigenvalue weighted by Gasteiger charge is -2.33. The molecule has 38 heavy (non-hydrogen) atoms. The first kappa shape index (κ1) is 27.5. The van der Waals surface area contributed by atoms with Crippen molar-refractivity contribution in [3.8, 4) is 0 Å². The monoisotopic (exact) mass is 524 g/mol. The Labute approximate surface area is 223 Å². The minimum Gasteiger partial charge on any atom is -0.480 e. The minimum atomic E-state index is -1.10. The largest absolute Gasteiger partial charge is 0.480 e. The standard InChI is InChI=1S/C29H37FN4O4/c1-3-20-17-22(30)15-18(2)26(20)28(36)33-24(29(37)38)16-19-10-13-34(14-11-19)25(35)9-8-23-7-6-21-5-4-12-31-27(21)32-23/h6-7,15,17,19,24H,3-5,8-14,16H2,1-2H3,(H,31,32)(H,33,36)(H,37,38). The van der Waals surface area contributed by atoms with E-state index in [9.17, 15) is 23.9 Å². The number of aromatic nitrogens is 1. The lowest BCUT2D eigenvalue weighted by Crippen LogP contribution is -2.45. The molecule has 3 N–H and O–H groups in total. The molecule has 204 valence electrons. The van der Waals surface area contributed by atoms with Gasteiger partial charge in [0.05, 0.1) is 0 Å². The van der Waals surface area contributed by atoms with Crippen LogP contribution in [-0.2, 0) is 28.9 Å². The maximum absolute atomic E-state index is 13.8. The van der Waals surface area contributed by atoms with Crippen LogP contribution in [0.4, 0.5) is 10.2 Å². The Morgan fingerprint density at radius 2 is 2.00 bits per heavy atom. The molecule has 8 nitrogen and oxygen atoms in total. The highest BCUT2D eigenvalue weighted by Gasteiger charge is 2.29. The number of hydrogen-bond acceptors (Lipinski definition) is 5. The normalized spacial score (nSPS) is 16.3. The van der Waals surface area contributed by atoms with Gasteiger partial charge < -0.3 is 20.6 Å². The number of pyridine rings is 1. The van der Waals surface area contributed by atoms with E-state index in [1.54, 1.807) is 6.92 Å². The highest BCUT2D eigenvalue weighted by Crippen LogP contribution is 2.25. The van der Waals surface area contributed by atoms with E-state index in [1.807, 2.05) is 17.9 Å². The lowest BCUT2D eigenvalue weighted by atomic mass is 9.89. The maximum Gasteiger partial charge on any atom is 0.326 e. The smallest absolute Gasteiger partial charge is 0.326 e. The molecule has 1 saturated heterocycles. The van der Waals surface area contributed by atoms with Gasteiger partial charge in [-0.2, -0.15) is 0 Å². The summed E-state index contributed by atoms with van der Waals surface area (Å²) in [5.41, 5.74) is 3.51. The van der Waals surface area contributed by atoms with Crippen LogP contribution in [0.15, 0.2) is 24.3 Å². The number of halogens is 1. The number of benzene rings is 1. The van der Waals surface area contributed by atoms with Crippen LogP contribution in [-0.4, -0.2) is 58.5 Å². The van der Waals surface area contributed by atoms with Gasteiger partial charge in [0, 0.05) is 37.3 Å². The van der Waals surface area contributed by atoms with E-state index in [1.165, 1.54) is 17.7 Å². The summed E-state index contributed by atoms with van der Waals surface area (Å²) in [5.74, 6) is -0.913. The lowest BCUT2D eigenvalue weighted by molar-refractivity contribution is -0.140. The highest BCUT2D eigenvalue weighted by atomic mass is 19.1. The number of rotatable bonds is 9. The van der Waals surface area contributed by atoms with E-state index in [4.69, 9.17) is 0 Å². The van der Waals surface area contributed by atoms with Gasteiger partial charge in [-0.15, -0.1) is 0 Å². The van der Waals surface area contributed by atoms with Crippen molar-refractivity contribution >= 4 is 23.6 Å². The molecule has 0 radical (unpaired) electrons. The number of likely N-dealkylation sites (tertiary alicyclic amines) is 1. The molecule has 1 fully saturated rings. The topological polar surface area (TPSA) is 112 Å². The van der Waals surface area contributed by atoms with Gasteiger partial charge in [-0.1, -0.05) is 13.0 Å². The summed E-state index contributed by atoms with van der Waals surface area (Å²) in [6.07, 6.45) is 5.23. The number of nitrogens with one attached hydrogen (secondary N) is 2. The summed E-state index contributed by atoms with van der Waals surface area (Å²) in [5, 5.41) is 15.8. The molecule has 0 aliphatic carbocycles. The van der Waals surface area contributed by atoms with Gasteiger partial charge in [-0.25, -0.2) is 14.2 Å². The number of hydrogen-bond donors (Lipinski definition) is 3. The number of carbonyl (C=O) groups excluding carboxylic acids is 2. The first-order chi connectivity index (χ1) is 18.2. The number of carboxylic acid groups (broad SMARTS) is 1. The zero-order valence-corrected chi connectivity index (χ0v) is 22.2. The summed E-state index contributed by atoms with van der Waals surface area (Å²) in [6, 6.07) is 5.66. The summed E-state index contributed by atoms with van der Waals surface area (Å²) in [4.78, 5) is 44.3. The number of nitrogens with zero attached hydrogens (tertiary/aromatic N) is 2. The number of anilines is 1. The molecule has 4 rings (SSSR count). The maximum atomic E-state index is 13.8. The number of carbonyl (C=O) groups is 3. The van der Waals surface area contributed by atoms with Crippen molar-refractivity contribution in [3.05, 3.63) is 58.0 Å². The van der Waals surface area contributed by atoms with Gasteiger partial charge >= 0.3 is 5.97 Å². The van der Waals surface area contributed by atoms with Crippen molar-refractivity contribution in [2.45, 2.75) is 71.3 Å². The van der Waals surface area contributed by atoms with E-state index in [0.29, 0.717) is 61.9 Å². The van der Waals surface area contributed by atoms with Gasteiger partial charge in [0.25, 0.3) is 5.91 Å². The minimum absolute atomic E-state index is 0.0776. The molecule has 9 heteroatoms. The molecule has 2 aliphatic rings. The van der Waals surface area contributed by atoms with Crippen molar-refractivity contribution in [1.29, 1.82) is 0 Å². The summed E-state index contributed by atoms with van der Waals surface area (Å²) < 4.78 is 13.8. The first-order valence-corrected chi connectivity index (χ1v) is 13.6. The van der Waals surface area contributed by atoms with Crippen LogP contribution in [0.2, 0.25) is 0 Å². The number of amides is 2. The Morgan fingerprint density at radius 3 is 2.71 bits per heavy atom. The third kappa shape index (κ3) is 6.68. The zero-order chi connectivity index (χ0) is 27.2. The van der Waals surface area contributed by atoms with Crippen molar-refractivity contribution < 1.29 is 23.9 Å². The second kappa shape index (κ2) is 12.4. The van der Waals surface area contributed by atoms with Gasteiger partial charge in [0.1, 0.15) is 17.7 Å². The molecule has 2 amide bonds. The predicted octanol–water partition coefficient (Wildman–Crippen LogP) is 3.89. The average Bonchev–Trinajstić information content (AvgIpc) is 2.90. The van der Waals surface area contributed by atoms with Gasteiger partial charge in [0.15, 0.2) is 0 Å². The fourth-order valence-electron chi connectivity index (χ4n) is 5.52. The number of aryl methyl sites for hydroxylation is 4. The van der Waals surface area contributed by atoms with E-state index in [0.717, 1.165) is 30.9 Å². The van der Waals surface area contributed by atoms with Crippen LogP contribution in [0.3, 0.4) is 0 Å². The van der Waals surface area contributed by atoms with Gasteiger partial charge in [-0.05, 0) is 92.7 Å². The Kier molecular flexibility index (Phi) is 8.97. The van der Waals surface area contributed by atoms with Crippen LogP contribution < -0.4 is 10.6 Å². The molecular weight excluding hydrogens is 487 g/mol. The van der Waals surface area contributed by atoms with E-state index in [2.05, 4.69) is 21.7 Å². The highest BCUT2D eigenvalue weighted by molar-refractivity contribution is 5.99. The van der Waals surface area contributed by atoms with E-state index in [-0.39, 0.29) is 18.2 Å². The molecule has 1 aromatic heterocycles. The summed E-state index contributed by atoms with van der Waals surface area (Å²) in [7, 11) is 0. The van der Waals surface area contributed by atoms with Crippen LogP contribution >= 0.6 is 0 Å². The second-order valence-electron chi connectivity index (χ2n) is 10.4. The Bertz CT molecular complexity index is 1190. The summed E-state index contributed by atoms with van der Waals surface area (Å²) >= 11 is 0. The van der Waals surface area contributed by atoms with Crippen molar-refractivity contribution in [2.75, 3.05) is 25.0 Å². The number of carboxylic acids is 1. The molecule has 1 aromatic carbocycles. The number of fused-ring (bicyclic) bond motifs is 1. The SMILES string of the molecule is CCc1cc(F)cc(C)c1C(=O)NC(CC1CCN(C(=O)CCc2ccc3c(n2)NCCC3)CC1)C(=O)O. The predicted molar refractivity (Wildman–Crippen MR) is 143 cm³/mol. The zero-order valence-electron chi connectivity index (χ0n) is 22.2. The molecule has 2 aromatic rings. The second-order valence-corrected chi connectivity index (χ2v) is 10.4. The number of aliphatic carboxylic acids is 1. The Morgan fingerprint density at radius 1 is 1.24 bits per heavy atom. The number of piperidine rings is 1. The Hall–Kier alpha value is -3.49. The van der Waals surface area contributed by atoms with Crippen molar-refractivity contribution in [2.24, 2.45) is 5.92 Å². The molecule has 3 heterocycles. The molecule has 2 aliphatic heterocycles. The van der Waals surface area contributed by atoms with Crippen LogP contribution in [0, 0.1) is 18.7 Å². The van der Waals surface area contributed by atoms with E-state index >= 15 is 0 Å². The van der Waals surface area contributed by atoms with Crippen molar-refractivity contribution in [1.82, 2.24) is 15.2 Å². The molecule has 1 atom stereocenters. The Balaban J connectivity index is 1.27. The molecule has 0 saturated carbocycles. The molecular formula is C29H37FN4O4. The molecule has 0 bridgehead atoms. The van der Waals surface area contributed by atoms with E-state index < -0.39 is 23.7 Å². The van der Waals surface area contributed by atoms with Crippen LogP contribution in [0.5, 0.6) is 0 Å². The van der Waals surface area contributed by atoms with Gasteiger partial charge in [0.2, 0.25) is 5.91 Å². The van der Waals surface area contributed by atoms with Crippen LogP contribution in [0.25, 0.3) is 0 Å². The quantitative estimate of drug-likeness (QED) is 0.459. The van der Waals surface area contributed by atoms with Gasteiger partial charge in [-0.3, -0.25) is 9.59 Å². The molecule has 1 unspecified atom stereocenters. The molecule has 0 spiro atoms.